The van der Waals surface area contributed by atoms with E-state index in [1.54, 1.807) is 38.4 Å². The Morgan fingerprint density at radius 1 is 0.274 bits per heavy atom. The summed E-state index contributed by atoms with van der Waals surface area (Å²) < 4.78 is 44.2. The number of benzene rings is 10. The highest BCUT2D eigenvalue weighted by molar-refractivity contribution is 5.93. The second-order valence-corrected chi connectivity index (χ2v) is 38.5. The van der Waals surface area contributed by atoms with Crippen LogP contribution < -0.4 is 0 Å². The van der Waals surface area contributed by atoms with Crippen molar-refractivity contribution in [2.45, 2.75) is 119 Å². The Balaban J connectivity index is 0.000000115. The molecule has 3 aliphatic heterocycles. The molecule has 0 aliphatic carbocycles. The second kappa shape index (κ2) is 47.6. The summed E-state index contributed by atoms with van der Waals surface area (Å²) in [5.74, 6) is -0.391. The third-order valence-electron chi connectivity index (χ3n) is 28.1. The van der Waals surface area contributed by atoms with Gasteiger partial charge < -0.3 is 42.5 Å². The summed E-state index contributed by atoms with van der Waals surface area (Å²) in [6.45, 7) is 30.7. The molecule has 3 fully saturated rings. The highest BCUT2D eigenvalue weighted by atomic mass is 19.1. The monoisotopic (exact) mass is 1940 g/mol. The summed E-state index contributed by atoms with van der Waals surface area (Å²) in [4.78, 5) is 56.1. The van der Waals surface area contributed by atoms with Gasteiger partial charge in [0.05, 0.1) is 128 Å². The minimum absolute atomic E-state index is 0.180. The van der Waals surface area contributed by atoms with Gasteiger partial charge in [0.1, 0.15) is 11.6 Å². The average Bonchev–Trinajstić information content (AvgIpc) is 1.56. The van der Waals surface area contributed by atoms with Crippen LogP contribution in [0.2, 0.25) is 0 Å². The number of unbranched alkanes of at least 4 members (excludes halogenated alkanes) is 1. The lowest BCUT2D eigenvalue weighted by molar-refractivity contribution is 0.0365. The predicted molar refractivity (Wildman–Crippen MR) is 588 cm³/mol. The molecule has 23 heteroatoms. The molecule has 146 heavy (non-hydrogen) atoms. The van der Waals surface area contributed by atoms with Crippen molar-refractivity contribution < 1.29 is 18.6 Å². The van der Waals surface area contributed by atoms with Crippen LogP contribution in [0.15, 0.2) is 323 Å². The normalized spacial score (nSPS) is 13.7. The number of likely N-dealkylation sites (tertiary alicyclic amines) is 1. The van der Waals surface area contributed by atoms with Crippen LogP contribution in [0.5, 0.6) is 0 Å². The molecule has 13 heterocycles. The van der Waals surface area contributed by atoms with E-state index in [9.17, 15) is 8.78 Å². The minimum Gasteiger partial charge on any atom is -0.396 e. The van der Waals surface area contributed by atoms with Crippen molar-refractivity contribution in [2.24, 2.45) is 0 Å². The molecule has 0 saturated carbocycles. The molecule has 10 aromatic heterocycles. The number of nitrogens with zero attached hydrogens (tertiary/aromatic N) is 19. The van der Waals surface area contributed by atoms with Crippen LogP contribution in [-0.2, 0) is 37.5 Å². The number of ether oxygens (including phenoxy) is 1. The number of hydrogen-bond acceptors (Lipinski definition) is 16. The van der Waals surface area contributed by atoms with Gasteiger partial charge in [-0.05, 0) is 278 Å². The van der Waals surface area contributed by atoms with E-state index in [0.717, 1.165) is 269 Å². The van der Waals surface area contributed by atoms with Gasteiger partial charge in [-0.3, -0.25) is 34.7 Å². The van der Waals surface area contributed by atoms with Crippen molar-refractivity contribution in [3.8, 4) is 112 Å². The van der Waals surface area contributed by atoms with Gasteiger partial charge in [0, 0.05) is 178 Å². The minimum atomic E-state index is -0.197. The fourth-order valence-corrected chi connectivity index (χ4v) is 19.9. The summed E-state index contributed by atoms with van der Waals surface area (Å²) in [6.07, 6.45) is 27.0. The number of aliphatic hydroxyl groups excluding tert-OH is 1. The number of aromatic nitrogens is 15. The number of pyridine rings is 5. The van der Waals surface area contributed by atoms with Gasteiger partial charge in [-0.15, -0.1) is 0 Å². The summed E-state index contributed by atoms with van der Waals surface area (Å²) >= 11 is 0. The number of halogens is 2. The van der Waals surface area contributed by atoms with Crippen LogP contribution in [-0.4, -0.2) is 196 Å². The van der Waals surface area contributed by atoms with Crippen molar-refractivity contribution in [1.82, 2.24) is 92.3 Å². The van der Waals surface area contributed by atoms with E-state index < -0.39 is 0 Å². The fourth-order valence-electron chi connectivity index (χ4n) is 19.9. The molecule has 0 unspecified atom stereocenters. The Labute approximate surface area is 853 Å². The van der Waals surface area contributed by atoms with Crippen molar-refractivity contribution >= 4 is 55.2 Å². The van der Waals surface area contributed by atoms with E-state index >= 15 is 0 Å². The van der Waals surface area contributed by atoms with Gasteiger partial charge in [0.25, 0.3) is 0 Å². The largest absolute Gasteiger partial charge is 0.396 e. The lowest BCUT2D eigenvalue weighted by Gasteiger charge is -2.32. The molecule has 0 amide bonds. The first-order valence-electron chi connectivity index (χ1n) is 51.4. The number of aliphatic hydroxyl groups is 1. The molecular formula is C123H127F2N19O2. The van der Waals surface area contributed by atoms with E-state index in [2.05, 4.69) is 310 Å². The van der Waals surface area contributed by atoms with Crippen molar-refractivity contribution in [3.05, 3.63) is 363 Å². The first-order chi connectivity index (χ1) is 71.6. The number of fused-ring (bicyclic) bond motifs is 5. The Morgan fingerprint density at radius 3 is 0.897 bits per heavy atom. The van der Waals surface area contributed by atoms with Crippen molar-refractivity contribution in [2.75, 3.05) is 98.9 Å². The Kier molecular flexibility index (Phi) is 32.5. The number of rotatable bonds is 26. The quantitative estimate of drug-likeness (QED) is 0.0537. The second-order valence-electron chi connectivity index (χ2n) is 38.5. The predicted octanol–water partition coefficient (Wildman–Crippen LogP) is 25.3. The lowest BCUT2D eigenvalue weighted by atomic mass is 9.98. The summed E-state index contributed by atoms with van der Waals surface area (Å²) in [5, 5.41) is 9.11. The summed E-state index contributed by atoms with van der Waals surface area (Å²) in [6, 6.07) is 88.4. The third kappa shape index (κ3) is 24.1. The number of imidazole rings is 5. The number of morpholine rings is 1. The van der Waals surface area contributed by atoms with Gasteiger partial charge in [-0.25, -0.2) is 33.7 Å². The summed E-state index contributed by atoms with van der Waals surface area (Å²) in [5.41, 5.74) is 36.8. The van der Waals surface area contributed by atoms with Crippen LogP contribution >= 0.6 is 0 Å². The molecule has 1 N–H and O–H groups in total. The Morgan fingerprint density at radius 2 is 0.575 bits per heavy atom. The zero-order valence-electron chi connectivity index (χ0n) is 84.6. The lowest BCUT2D eigenvalue weighted by Crippen LogP contribution is -2.45. The van der Waals surface area contributed by atoms with Crippen LogP contribution in [0, 0.1) is 46.3 Å². The zero-order chi connectivity index (χ0) is 100. The molecule has 0 radical (unpaired) electrons. The molecule has 20 aromatic rings. The van der Waals surface area contributed by atoms with Crippen molar-refractivity contribution in [1.29, 1.82) is 0 Å². The first kappa shape index (κ1) is 99.6. The fraction of sp³-hybridized carbons (Fsp3) is 0.268. The molecule has 0 bridgehead atoms. The number of aryl methyl sites for hydroxylation is 8. The van der Waals surface area contributed by atoms with Gasteiger partial charge in [-0.2, -0.15) is 0 Å². The topological polar surface area (TPSA) is 196 Å². The van der Waals surface area contributed by atoms with E-state index in [0.29, 0.717) is 11.1 Å². The van der Waals surface area contributed by atoms with E-state index in [4.69, 9.17) is 14.8 Å². The van der Waals surface area contributed by atoms with Crippen LogP contribution in [0.1, 0.15) is 79.7 Å². The van der Waals surface area contributed by atoms with Crippen LogP contribution in [0.25, 0.3) is 167 Å². The van der Waals surface area contributed by atoms with Crippen molar-refractivity contribution in [3.63, 3.8) is 0 Å². The maximum Gasteiger partial charge on any atom is 0.126 e. The smallest absolute Gasteiger partial charge is 0.126 e. The molecule has 3 aliphatic rings. The van der Waals surface area contributed by atoms with E-state index in [1.807, 2.05) is 98.8 Å². The molecule has 0 atom stereocenters. The van der Waals surface area contributed by atoms with Gasteiger partial charge in [0.2, 0.25) is 0 Å². The number of piperidine rings is 1. The first-order valence-corrected chi connectivity index (χ1v) is 51.4. The maximum atomic E-state index is 13.8. The summed E-state index contributed by atoms with van der Waals surface area (Å²) in [7, 11) is 2.18. The number of piperazine rings is 1. The Bertz CT molecular complexity index is 7680. The van der Waals surface area contributed by atoms with E-state index in [1.165, 1.54) is 89.8 Å². The molecule has 0 spiro atoms. The third-order valence-corrected chi connectivity index (χ3v) is 28.1. The highest BCUT2D eigenvalue weighted by Crippen LogP contribution is 2.40. The number of likely N-dealkylation sites (N-methyl/N-ethyl adjacent to an activating group) is 1. The molecular weight excluding hydrogens is 1810 g/mol. The molecule has 23 rings (SSSR count). The molecule has 740 valence electrons. The van der Waals surface area contributed by atoms with Gasteiger partial charge >= 0.3 is 0 Å². The van der Waals surface area contributed by atoms with Crippen LogP contribution in [0.3, 0.4) is 0 Å². The highest BCUT2D eigenvalue weighted by Gasteiger charge is 2.23. The Hall–Kier alpha value is -15.1. The molecule has 10 aromatic carbocycles. The molecule has 21 nitrogen and oxygen atoms in total. The number of hydrogen-bond donors (Lipinski definition) is 1. The van der Waals surface area contributed by atoms with E-state index in [-0.39, 0.29) is 18.2 Å². The standard InChI is InChI=1S/C27H29FN4.C26H28FN5.C25H26N4O.C23H23N3.C22H21N3O/c1-20-17-22(8-10-24(20)28)27-23(7-5-12-29-27)21-9-11-25-26(18-21)32(19-30-25)16-6-15-31-13-3-2-4-14-31;1-19-16-21(5-7-23(19)27)26-22(4-3-9-28-26)20-6-8-24-25(17-20)32(18-29-24)15-14-31-12-10-30(2)11-13-31;1-19-4-2-5-21(16-19)25-22(6-3-9-26-25)20-7-8-23-24(17-20)29(18-27-23)11-10-28-12-14-30-15-13-28;1-3-4-13-26-16-25-21-11-10-18(15-22(21)26)20-9-6-12-24-23(20)19-8-5-7-17(2)14-19;1-16-5-2-6-18(13-16)22-19(7-3-10-23-22)17-8-9-20-21(14-17)25(15-24-20)11-4-12-26/h5,7-12,17-19H,2-4,6,13-16H2,1H3;3-9,16-18H,10-15H2,1-2H3;2-9,16-18H,10-15H2,1H3;5-12,14-16H,3-4,13H2,1-2H3;2-3,5-10,13-15,26H,4,11-12H2,1H3. The molecule has 3 saturated heterocycles. The van der Waals surface area contributed by atoms with Gasteiger partial charge in [0.15, 0.2) is 0 Å². The van der Waals surface area contributed by atoms with Crippen LogP contribution in [0.4, 0.5) is 8.78 Å². The SMILES string of the molecule is CCCCn1cnc2ccc(-c3cccnc3-c3cccc(C)c3)cc21.Cc1cc(-c2ncccc2-c2ccc3ncn(CCCN4CCCCC4)c3c2)ccc1F.Cc1cc(-c2ncccc2-c2ccc3ncn(CCN4CCN(C)CC4)c3c2)ccc1F.Cc1cccc(-c2ncccc2-c2ccc3ncn(CCCO)c3c2)c1.Cc1cccc(-c2ncccc2-c2ccc3ncn(CCN4CCOCC4)c3c2)c1. The zero-order valence-corrected chi connectivity index (χ0v) is 84.6. The maximum absolute atomic E-state index is 13.8. The van der Waals surface area contributed by atoms with Gasteiger partial charge in [-0.1, -0.05) is 152 Å². The average molecular weight is 1940 g/mol.